The summed E-state index contributed by atoms with van der Waals surface area (Å²) in [6, 6.07) is 5.27. The van der Waals surface area contributed by atoms with Crippen LogP contribution in [0.4, 0.5) is 0 Å². The van der Waals surface area contributed by atoms with Crippen molar-refractivity contribution in [2.45, 2.75) is 24.9 Å². The Morgan fingerprint density at radius 2 is 2.10 bits per heavy atom. The van der Waals surface area contributed by atoms with Gasteiger partial charge in [-0.25, -0.2) is 0 Å². The highest BCUT2D eigenvalue weighted by atomic mass is 35.5. The molecule has 0 radical (unpaired) electrons. The number of thioether (sulfide) groups is 1. The molecule has 0 atom stereocenters. The topological polar surface area (TPSA) is 68.0 Å². The van der Waals surface area contributed by atoms with Crippen LogP contribution >= 0.6 is 35.0 Å². The van der Waals surface area contributed by atoms with Crippen molar-refractivity contribution in [3.8, 4) is 5.69 Å². The molecule has 0 amide bonds. The smallest absolute Gasteiger partial charge is 0.313 e. The van der Waals surface area contributed by atoms with E-state index in [1.165, 1.54) is 0 Å². The van der Waals surface area contributed by atoms with E-state index in [1.807, 2.05) is 13.8 Å². The van der Waals surface area contributed by atoms with E-state index in [4.69, 9.17) is 28.3 Å². The Labute approximate surface area is 136 Å². The summed E-state index contributed by atoms with van der Waals surface area (Å²) < 4.78 is 1.76. The predicted octanol–water partition coefficient (Wildman–Crippen LogP) is 3.87. The lowest BCUT2D eigenvalue weighted by Gasteiger charge is -2.13. The van der Waals surface area contributed by atoms with Gasteiger partial charge in [0, 0.05) is 5.92 Å². The average Bonchev–Trinajstić information content (AvgIpc) is 2.83. The maximum absolute atomic E-state index is 10.8. The first-order valence-electron chi connectivity index (χ1n) is 6.16. The van der Waals surface area contributed by atoms with Crippen molar-refractivity contribution in [3.05, 3.63) is 34.1 Å². The van der Waals surface area contributed by atoms with Crippen molar-refractivity contribution < 1.29 is 9.90 Å². The van der Waals surface area contributed by atoms with Crippen LogP contribution < -0.4 is 0 Å². The van der Waals surface area contributed by atoms with Gasteiger partial charge in [-0.15, -0.1) is 10.2 Å². The highest BCUT2D eigenvalue weighted by molar-refractivity contribution is 7.99. The minimum atomic E-state index is -0.919. The molecule has 0 saturated carbocycles. The van der Waals surface area contributed by atoms with Crippen LogP contribution in [0.3, 0.4) is 0 Å². The first-order valence-corrected chi connectivity index (χ1v) is 7.90. The normalized spacial score (nSPS) is 11.1. The van der Waals surface area contributed by atoms with Crippen LogP contribution in [0, 0.1) is 0 Å². The maximum atomic E-state index is 10.8. The number of carboxylic acid groups (broad SMARTS) is 1. The van der Waals surface area contributed by atoms with Crippen molar-refractivity contribution in [3.63, 3.8) is 0 Å². The SMILES string of the molecule is CC(C)c1nnc(SCC(=O)O)n1-c1cccc(Cl)c1Cl. The second kappa shape index (κ2) is 6.68. The Balaban J connectivity index is 2.55. The second-order valence-electron chi connectivity index (χ2n) is 4.59. The van der Waals surface area contributed by atoms with Crippen LogP contribution in [0.25, 0.3) is 5.69 Å². The Morgan fingerprint density at radius 1 is 1.38 bits per heavy atom. The molecule has 1 heterocycles. The summed E-state index contributed by atoms with van der Waals surface area (Å²) in [7, 11) is 0. The summed E-state index contributed by atoms with van der Waals surface area (Å²) in [6.07, 6.45) is 0. The van der Waals surface area contributed by atoms with Gasteiger partial charge in [-0.2, -0.15) is 0 Å². The highest BCUT2D eigenvalue weighted by Gasteiger charge is 2.20. The van der Waals surface area contributed by atoms with Crippen LogP contribution in [-0.2, 0) is 4.79 Å². The van der Waals surface area contributed by atoms with Crippen molar-refractivity contribution in [2.24, 2.45) is 0 Å². The van der Waals surface area contributed by atoms with Gasteiger partial charge in [0.1, 0.15) is 5.82 Å². The zero-order chi connectivity index (χ0) is 15.6. The van der Waals surface area contributed by atoms with Crippen LogP contribution in [0.1, 0.15) is 25.6 Å². The van der Waals surface area contributed by atoms with E-state index in [2.05, 4.69) is 10.2 Å². The number of rotatable bonds is 5. The van der Waals surface area contributed by atoms with Gasteiger partial charge in [0.15, 0.2) is 5.16 Å². The number of benzene rings is 1. The molecule has 0 unspecified atom stereocenters. The van der Waals surface area contributed by atoms with Crippen molar-refractivity contribution in [1.82, 2.24) is 14.8 Å². The molecule has 112 valence electrons. The average molecular weight is 346 g/mol. The van der Waals surface area contributed by atoms with Gasteiger partial charge in [0.25, 0.3) is 0 Å². The number of carbonyl (C=O) groups is 1. The van der Waals surface area contributed by atoms with E-state index in [0.29, 0.717) is 26.7 Å². The first kappa shape index (κ1) is 16.1. The number of carboxylic acids is 1. The Kier molecular flexibility index (Phi) is 5.13. The Morgan fingerprint density at radius 3 is 2.71 bits per heavy atom. The van der Waals surface area contributed by atoms with Gasteiger partial charge in [0.05, 0.1) is 21.5 Å². The number of aliphatic carboxylic acids is 1. The molecular weight excluding hydrogens is 333 g/mol. The predicted molar refractivity (Wildman–Crippen MR) is 83.8 cm³/mol. The van der Waals surface area contributed by atoms with Crippen molar-refractivity contribution in [2.75, 3.05) is 5.75 Å². The molecular formula is C13H13Cl2N3O2S. The molecule has 0 aliphatic carbocycles. The molecule has 0 aliphatic heterocycles. The summed E-state index contributed by atoms with van der Waals surface area (Å²) in [6.45, 7) is 3.95. The van der Waals surface area contributed by atoms with Crippen LogP contribution in [0.5, 0.6) is 0 Å². The van der Waals surface area contributed by atoms with Gasteiger partial charge in [-0.3, -0.25) is 9.36 Å². The molecule has 1 aromatic heterocycles. The number of nitrogens with zero attached hydrogens (tertiary/aromatic N) is 3. The minimum absolute atomic E-state index is 0.103. The summed E-state index contributed by atoms with van der Waals surface area (Å²) in [4.78, 5) is 10.8. The van der Waals surface area contributed by atoms with Gasteiger partial charge in [0.2, 0.25) is 0 Å². The summed E-state index contributed by atoms with van der Waals surface area (Å²) in [5.41, 5.74) is 0.644. The number of hydrogen-bond donors (Lipinski definition) is 1. The number of halogens is 2. The van der Waals surface area contributed by atoms with Crippen LogP contribution in [-0.4, -0.2) is 31.6 Å². The van der Waals surface area contributed by atoms with E-state index >= 15 is 0 Å². The lowest BCUT2D eigenvalue weighted by Crippen LogP contribution is -2.06. The lowest BCUT2D eigenvalue weighted by atomic mass is 10.2. The zero-order valence-corrected chi connectivity index (χ0v) is 13.7. The standard InChI is InChI=1S/C13H13Cl2N3O2S/c1-7(2)12-16-17-13(21-6-10(19)20)18(12)9-5-3-4-8(14)11(9)15/h3-5,7H,6H2,1-2H3,(H,19,20). The van der Waals surface area contributed by atoms with Gasteiger partial charge in [-0.1, -0.05) is 54.9 Å². The first-order chi connectivity index (χ1) is 9.91. The Hall–Kier alpha value is -1.24. The fraction of sp³-hybridized carbons (Fsp3) is 0.308. The molecule has 2 aromatic rings. The van der Waals surface area contributed by atoms with Crippen molar-refractivity contribution >= 4 is 40.9 Å². The fourth-order valence-electron chi connectivity index (χ4n) is 1.77. The lowest BCUT2D eigenvalue weighted by molar-refractivity contribution is -0.133. The van der Waals surface area contributed by atoms with E-state index < -0.39 is 5.97 Å². The van der Waals surface area contributed by atoms with E-state index in [1.54, 1.807) is 22.8 Å². The molecule has 0 spiro atoms. The summed E-state index contributed by atoms with van der Waals surface area (Å²) >= 11 is 13.4. The van der Waals surface area contributed by atoms with Crippen LogP contribution in [0.15, 0.2) is 23.4 Å². The molecule has 2 rings (SSSR count). The fourth-order valence-corrected chi connectivity index (χ4v) is 2.82. The molecule has 0 fully saturated rings. The monoisotopic (exact) mass is 345 g/mol. The third-order valence-electron chi connectivity index (χ3n) is 2.67. The largest absolute Gasteiger partial charge is 0.481 e. The van der Waals surface area contributed by atoms with Gasteiger partial charge >= 0.3 is 5.97 Å². The molecule has 0 bridgehead atoms. The summed E-state index contributed by atoms with van der Waals surface area (Å²) in [5.74, 6) is -0.217. The molecule has 8 heteroatoms. The second-order valence-corrected chi connectivity index (χ2v) is 6.31. The van der Waals surface area contributed by atoms with Gasteiger partial charge < -0.3 is 5.11 Å². The minimum Gasteiger partial charge on any atom is -0.481 e. The molecule has 1 aromatic carbocycles. The highest BCUT2D eigenvalue weighted by Crippen LogP contribution is 2.33. The van der Waals surface area contributed by atoms with E-state index in [-0.39, 0.29) is 11.7 Å². The third kappa shape index (κ3) is 3.51. The van der Waals surface area contributed by atoms with Crippen molar-refractivity contribution in [1.29, 1.82) is 0 Å². The maximum Gasteiger partial charge on any atom is 0.313 e. The number of aromatic nitrogens is 3. The quantitative estimate of drug-likeness (QED) is 0.833. The van der Waals surface area contributed by atoms with Gasteiger partial charge in [-0.05, 0) is 12.1 Å². The number of hydrogen-bond acceptors (Lipinski definition) is 4. The van der Waals surface area contributed by atoms with E-state index in [0.717, 1.165) is 11.8 Å². The third-order valence-corrected chi connectivity index (χ3v) is 4.39. The zero-order valence-electron chi connectivity index (χ0n) is 11.4. The molecule has 1 N–H and O–H groups in total. The molecule has 21 heavy (non-hydrogen) atoms. The van der Waals surface area contributed by atoms with E-state index in [9.17, 15) is 4.79 Å². The molecule has 0 aliphatic rings. The molecule has 5 nitrogen and oxygen atoms in total. The summed E-state index contributed by atoms with van der Waals surface area (Å²) in [5, 5.41) is 18.3. The molecule has 0 saturated heterocycles. The Bertz CT molecular complexity index is 673. The van der Waals surface area contributed by atoms with Crippen LogP contribution in [0.2, 0.25) is 10.0 Å².